The van der Waals surface area contributed by atoms with Gasteiger partial charge in [0.25, 0.3) is 0 Å². The molecule has 0 aliphatic carbocycles. The maximum absolute atomic E-state index is 12.8. The van der Waals surface area contributed by atoms with Gasteiger partial charge in [-0.25, -0.2) is 4.39 Å². The normalized spacial score (nSPS) is 13.7. The molecule has 6 heteroatoms. The van der Waals surface area contributed by atoms with Crippen molar-refractivity contribution >= 4 is 0 Å². The summed E-state index contributed by atoms with van der Waals surface area (Å²) in [4.78, 5) is 0. The second-order valence-electron chi connectivity index (χ2n) is 4.09. The van der Waals surface area contributed by atoms with Crippen molar-refractivity contribution in [3.05, 3.63) is 35.1 Å². The number of alkyl halides is 3. The van der Waals surface area contributed by atoms with Crippen LogP contribution in [0.3, 0.4) is 0 Å². The number of hydrogen-bond acceptors (Lipinski definition) is 2. The minimum Gasteiger partial charge on any atom is -0.396 e. The number of rotatable bonds is 5. The smallest absolute Gasteiger partial charge is 0.396 e. The zero-order valence-corrected chi connectivity index (χ0v) is 9.89. The lowest BCUT2D eigenvalue weighted by Crippen LogP contribution is -2.27. The number of benzene rings is 1. The van der Waals surface area contributed by atoms with Crippen LogP contribution in [0.1, 0.15) is 24.5 Å². The number of nitrogens with one attached hydrogen (secondary N) is 1. The molecule has 0 aliphatic heterocycles. The monoisotopic (exact) mass is 265 g/mol. The Balaban J connectivity index is 2.82. The van der Waals surface area contributed by atoms with E-state index in [2.05, 4.69) is 5.32 Å². The van der Waals surface area contributed by atoms with Gasteiger partial charge in [0.15, 0.2) is 0 Å². The molecule has 1 unspecified atom stereocenters. The molecule has 2 nitrogen and oxygen atoms in total. The molecule has 1 aromatic carbocycles. The van der Waals surface area contributed by atoms with Gasteiger partial charge in [0.2, 0.25) is 0 Å². The molecule has 0 heterocycles. The lowest BCUT2D eigenvalue weighted by Gasteiger charge is -2.16. The first-order valence-electron chi connectivity index (χ1n) is 5.54. The Hall–Kier alpha value is -1.14. The fraction of sp³-hybridized carbons (Fsp3) is 0.500. The van der Waals surface area contributed by atoms with Crippen LogP contribution in [0.4, 0.5) is 17.6 Å². The van der Waals surface area contributed by atoms with Gasteiger partial charge in [-0.1, -0.05) is 6.07 Å². The molecule has 0 saturated heterocycles. The van der Waals surface area contributed by atoms with Gasteiger partial charge in [-0.3, -0.25) is 0 Å². The highest BCUT2D eigenvalue weighted by Gasteiger charge is 2.33. The van der Waals surface area contributed by atoms with E-state index in [0.29, 0.717) is 12.5 Å². The van der Waals surface area contributed by atoms with Crippen molar-refractivity contribution in [2.45, 2.75) is 32.1 Å². The zero-order valence-electron chi connectivity index (χ0n) is 9.89. The molecule has 18 heavy (non-hydrogen) atoms. The Kier molecular flexibility index (Phi) is 5.10. The molecule has 0 spiro atoms. The van der Waals surface area contributed by atoms with Gasteiger partial charge in [0.1, 0.15) is 5.82 Å². The van der Waals surface area contributed by atoms with E-state index in [9.17, 15) is 17.6 Å². The van der Waals surface area contributed by atoms with Gasteiger partial charge in [-0.05, 0) is 31.0 Å². The number of hydrogen-bond donors (Lipinski definition) is 2. The minimum absolute atomic E-state index is 0.00584. The molecule has 102 valence electrons. The van der Waals surface area contributed by atoms with Crippen molar-refractivity contribution in [3.63, 3.8) is 0 Å². The van der Waals surface area contributed by atoms with Crippen molar-refractivity contribution in [1.29, 1.82) is 0 Å². The van der Waals surface area contributed by atoms with E-state index in [-0.39, 0.29) is 24.8 Å². The number of aliphatic hydroxyl groups excluding tert-OH is 1. The first-order valence-corrected chi connectivity index (χ1v) is 5.54. The van der Waals surface area contributed by atoms with Crippen molar-refractivity contribution in [3.8, 4) is 0 Å². The highest BCUT2D eigenvalue weighted by molar-refractivity contribution is 5.30. The van der Waals surface area contributed by atoms with Crippen LogP contribution in [-0.4, -0.2) is 17.8 Å². The van der Waals surface area contributed by atoms with Gasteiger partial charge in [0.05, 0.1) is 5.56 Å². The van der Waals surface area contributed by atoms with Crippen molar-refractivity contribution in [2.75, 3.05) is 6.61 Å². The second kappa shape index (κ2) is 6.15. The quantitative estimate of drug-likeness (QED) is 0.802. The molecule has 0 bridgehead atoms. The molecule has 1 atom stereocenters. The summed E-state index contributed by atoms with van der Waals surface area (Å²) >= 11 is 0. The number of halogens is 4. The molecule has 0 saturated carbocycles. The molecule has 0 fully saturated rings. The third kappa shape index (κ3) is 4.27. The Morgan fingerprint density at radius 3 is 2.56 bits per heavy atom. The van der Waals surface area contributed by atoms with E-state index in [4.69, 9.17) is 5.11 Å². The van der Waals surface area contributed by atoms with Crippen LogP contribution in [0, 0.1) is 5.82 Å². The van der Waals surface area contributed by atoms with Gasteiger partial charge in [-0.15, -0.1) is 0 Å². The van der Waals surface area contributed by atoms with E-state index in [0.717, 1.165) is 12.1 Å². The fourth-order valence-corrected chi connectivity index (χ4v) is 1.55. The van der Waals surface area contributed by atoms with Crippen molar-refractivity contribution < 1.29 is 22.7 Å². The summed E-state index contributed by atoms with van der Waals surface area (Å²) in [6.45, 7) is 1.70. The van der Waals surface area contributed by atoms with Crippen LogP contribution < -0.4 is 5.32 Å². The lowest BCUT2D eigenvalue weighted by atomic mass is 10.1. The molecular weight excluding hydrogens is 250 g/mol. The van der Waals surface area contributed by atoms with Crippen LogP contribution in [-0.2, 0) is 12.7 Å². The summed E-state index contributed by atoms with van der Waals surface area (Å²) in [6, 6.07) is 2.51. The van der Waals surface area contributed by atoms with E-state index < -0.39 is 17.6 Å². The highest BCUT2D eigenvalue weighted by atomic mass is 19.4. The minimum atomic E-state index is -4.57. The molecule has 0 aromatic heterocycles. The first-order chi connectivity index (χ1) is 8.34. The number of aliphatic hydroxyl groups is 1. The van der Waals surface area contributed by atoms with Gasteiger partial charge in [0, 0.05) is 19.2 Å². The van der Waals surface area contributed by atoms with Crippen molar-refractivity contribution in [1.82, 2.24) is 5.32 Å². The summed E-state index contributed by atoms with van der Waals surface area (Å²) in [5.74, 6) is -0.908. The Morgan fingerprint density at radius 1 is 1.33 bits per heavy atom. The largest absolute Gasteiger partial charge is 0.416 e. The van der Waals surface area contributed by atoms with E-state index in [1.165, 1.54) is 0 Å². The maximum Gasteiger partial charge on any atom is 0.416 e. The van der Waals surface area contributed by atoms with E-state index >= 15 is 0 Å². The van der Waals surface area contributed by atoms with Crippen LogP contribution >= 0.6 is 0 Å². The van der Waals surface area contributed by atoms with Gasteiger partial charge in [-0.2, -0.15) is 13.2 Å². The van der Waals surface area contributed by atoms with Crippen LogP contribution in [0.15, 0.2) is 18.2 Å². The fourth-order valence-electron chi connectivity index (χ4n) is 1.55. The molecular formula is C12H15F4NO. The molecule has 1 rings (SSSR count). The van der Waals surface area contributed by atoms with E-state index in [1.54, 1.807) is 6.92 Å². The van der Waals surface area contributed by atoms with Gasteiger partial charge >= 0.3 is 6.18 Å². The average molecular weight is 265 g/mol. The van der Waals surface area contributed by atoms with Gasteiger partial charge < -0.3 is 10.4 Å². The molecule has 0 amide bonds. The second-order valence-corrected chi connectivity index (χ2v) is 4.09. The van der Waals surface area contributed by atoms with Crippen LogP contribution in [0.2, 0.25) is 0 Å². The topological polar surface area (TPSA) is 32.3 Å². The molecule has 0 aliphatic rings. The highest BCUT2D eigenvalue weighted by Crippen LogP contribution is 2.32. The molecule has 2 N–H and O–H groups in total. The molecule has 0 radical (unpaired) electrons. The maximum atomic E-state index is 12.8. The predicted octanol–water partition coefficient (Wildman–Crippen LogP) is 2.71. The van der Waals surface area contributed by atoms with Crippen molar-refractivity contribution in [2.24, 2.45) is 0 Å². The summed E-state index contributed by atoms with van der Waals surface area (Å²) in [5, 5.41) is 11.5. The summed E-state index contributed by atoms with van der Waals surface area (Å²) < 4.78 is 50.8. The van der Waals surface area contributed by atoms with Crippen LogP contribution in [0.25, 0.3) is 0 Å². The van der Waals surface area contributed by atoms with Crippen LogP contribution in [0.5, 0.6) is 0 Å². The summed E-state index contributed by atoms with van der Waals surface area (Å²) in [5.41, 5.74) is -0.972. The standard InChI is InChI=1S/C12H15F4NO/c1-8(4-5-18)17-7-9-2-3-10(13)6-11(9)12(14,15)16/h2-3,6,8,17-18H,4-5,7H2,1H3. The average Bonchev–Trinajstić information content (AvgIpc) is 2.26. The predicted molar refractivity (Wildman–Crippen MR) is 59.4 cm³/mol. The Labute approximate surface area is 103 Å². The molecule has 1 aromatic rings. The first kappa shape index (κ1) is 14.9. The zero-order chi connectivity index (χ0) is 13.8. The Bertz CT molecular complexity index is 392. The Morgan fingerprint density at radius 2 is 2.00 bits per heavy atom. The summed E-state index contributed by atoms with van der Waals surface area (Å²) in [7, 11) is 0. The lowest BCUT2D eigenvalue weighted by molar-refractivity contribution is -0.138. The SMILES string of the molecule is CC(CCO)NCc1ccc(F)cc1C(F)(F)F. The third-order valence-electron chi connectivity index (χ3n) is 2.58. The third-order valence-corrected chi connectivity index (χ3v) is 2.58. The van der Waals surface area contributed by atoms with E-state index in [1.807, 2.05) is 0 Å². The summed E-state index contributed by atoms with van der Waals surface area (Å²) in [6.07, 6.45) is -4.12.